The molecule has 0 atom stereocenters. The van der Waals surface area contributed by atoms with Crippen LogP contribution in [0.25, 0.3) is 0 Å². The number of rotatable bonds is 3. The molecule has 0 radical (unpaired) electrons. The van der Waals surface area contributed by atoms with Crippen LogP contribution in [0.15, 0.2) is 0 Å². The molecule has 0 spiro atoms. The van der Waals surface area contributed by atoms with E-state index in [1.165, 1.54) is 0 Å². The first-order chi connectivity index (χ1) is 5.09. The zero-order valence-electron chi connectivity index (χ0n) is 6.07. The van der Waals surface area contributed by atoms with E-state index in [0.717, 1.165) is 0 Å². The zero-order valence-corrected chi connectivity index (χ0v) is 6.07. The Balaban J connectivity index is 3.90. The van der Waals surface area contributed by atoms with E-state index in [0.29, 0.717) is 11.4 Å². The van der Waals surface area contributed by atoms with E-state index in [1.807, 2.05) is 0 Å². The van der Waals surface area contributed by atoms with Gasteiger partial charge in [-0.1, -0.05) is 0 Å². The Morgan fingerprint density at radius 2 is 1.82 bits per heavy atom. The fourth-order valence-electron chi connectivity index (χ4n) is 0.497. The van der Waals surface area contributed by atoms with Gasteiger partial charge in [0.05, 0.1) is 0 Å². The molecule has 0 saturated carbocycles. The molecule has 11 heavy (non-hydrogen) atoms. The number of hydrogen-bond donors (Lipinski definition) is 3. The number of carboxylic acid groups (broad SMARTS) is 2. The molecule has 0 aromatic carbocycles. The molecule has 64 valence electrons. The van der Waals surface area contributed by atoms with Gasteiger partial charge in [-0.05, 0) is 7.05 Å². The number of imide groups is 1. The average Bonchev–Trinajstić information content (AvgIpc) is 1.87. The lowest BCUT2D eigenvalue weighted by atomic mass is 10.5. The maximum Gasteiger partial charge on any atom is 0.416 e. The second-order valence-corrected chi connectivity index (χ2v) is 1.82. The molecule has 2 amide bonds. The standard InChI is InChI=1S/C5H10N2O4/c1-6-2-3-7(4(8)9)5(10)11/h6H,2-3H2,1H3,(H,8,9)(H,10,11). The summed E-state index contributed by atoms with van der Waals surface area (Å²) in [6.45, 7) is 0.264. The quantitative estimate of drug-likeness (QED) is 0.537. The molecule has 0 heterocycles. The Morgan fingerprint density at radius 1 is 1.36 bits per heavy atom. The predicted molar refractivity (Wildman–Crippen MR) is 36.7 cm³/mol. The molecule has 0 aromatic heterocycles. The second-order valence-electron chi connectivity index (χ2n) is 1.82. The molecule has 0 aliphatic rings. The van der Waals surface area contributed by atoms with E-state index >= 15 is 0 Å². The van der Waals surface area contributed by atoms with Gasteiger partial charge in [0.2, 0.25) is 0 Å². The van der Waals surface area contributed by atoms with Gasteiger partial charge in [-0.2, -0.15) is 0 Å². The summed E-state index contributed by atoms with van der Waals surface area (Å²) < 4.78 is 0. The molecule has 0 aliphatic heterocycles. The van der Waals surface area contributed by atoms with Crippen molar-refractivity contribution in [3.05, 3.63) is 0 Å². The summed E-state index contributed by atoms with van der Waals surface area (Å²) in [5.74, 6) is 0. The van der Waals surface area contributed by atoms with Crippen LogP contribution in [0.1, 0.15) is 0 Å². The van der Waals surface area contributed by atoms with Gasteiger partial charge in [-0.3, -0.25) is 0 Å². The molecule has 0 fully saturated rings. The van der Waals surface area contributed by atoms with Gasteiger partial charge in [0.25, 0.3) is 0 Å². The predicted octanol–water partition coefficient (Wildman–Crippen LogP) is -0.136. The van der Waals surface area contributed by atoms with Crippen molar-refractivity contribution < 1.29 is 19.8 Å². The number of carbonyl (C=O) groups is 2. The average molecular weight is 162 g/mol. The summed E-state index contributed by atoms with van der Waals surface area (Å²) in [5, 5.41) is 19.2. The SMILES string of the molecule is CNCCN(C(=O)O)C(=O)O. The summed E-state index contributed by atoms with van der Waals surface area (Å²) in [6, 6.07) is 0. The van der Waals surface area contributed by atoms with E-state index in [-0.39, 0.29) is 6.54 Å². The molecule has 0 rings (SSSR count). The molecular formula is C5H10N2O4. The maximum atomic E-state index is 10.2. The van der Waals surface area contributed by atoms with Crippen LogP contribution in [0.4, 0.5) is 9.59 Å². The molecule has 0 saturated heterocycles. The number of hydrogen-bond acceptors (Lipinski definition) is 3. The van der Waals surface area contributed by atoms with Crippen molar-refractivity contribution in [1.29, 1.82) is 0 Å². The van der Waals surface area contributed by atoms with Gasteiger partial charge in [0.15, 0.2) is 0 Å². The third kappa shape index (κ3) is 3.41. The van der Waals surface area contributed by atoms with Crippen molar-refractivity contribution in [2.45, 2.75) is 0 Å². The minimum absolute atomic E-state index is 0.0544. The Labute approximate surface area is 63.4 Å². The van der Waals surface area contributed by atoms with Gasteiger partial charge in [-0.25, -0.2) is 14.5 Å². The molecule has 0 bridgehead atoms. The van der Waals surface area contributed by atoms with Gasteiger partial charge in [0, 0.05) is 13.1 Å². The lowest BCUT2D eigenvalue weighted by molar-refractivity contribution is 0.123. The molecular weight excluding hydrogens is 152 g/mol. The third-order valence-electron chi connectivity index (χ3n) is 1.05. The maximum absolute atomic E-state index is 10.2. The van der Waals surface area contributed by atoms with Crippen LogP contribution in [0, 0.1) is 0 Å². The van der Waals surface area contributed by atoms with Crippen LogP contribution in [-0.2, 0) is 0 Å². The van der Waals surface area contributed by atoms with Crippen LogP contribution < -0.4 is 5.32 Å². The highest BCUT2D eigenvalue weighted by Gasteiger charge is 2.17. The van der Waals surface area contributed by atoms with E-state index < -0.39 is 12.2 Å². The molecule has 0 aromatic rings. The first kappa shape index (κ1) is 9.70. The molecule has 6 nitrogen and oxygen atoms in total. The van der Waals surface area contributed by atoms with Gasteiger partial charge >= 0.3 is 12.2 Å². The highest BCUT2D eigenvalue weighted by atomic mass is 16.4. The fourth-order valence-corrected chi connectivity index (χ4v) is 0.497. The minimum Gasteiger partial charge on any atom is -0.465 e. The number of likely N-dealkylation sites (N-methyl/N-ethyl adjacent to an activating group) is 1. The van der Waals surface area contributed by atoms with Crippen LogP contribution in [0.3, 0.4) is 0 Å². The summed E-state index contributed by atoms with van der Waals surface area (Å²) in [5.41, 5.74) is 0. The lowest BCUT2D eigenvalue weighted by Crippen LogP contribution is -2.38. The van der Waals surface area contributed by atoms with Gasteiger partial charge in [-0.15, -0.1) is 0 Å². The Hall–Kier alpha value is -1.30. The minimum atomic E-state index is -1.45. The summed E-state index contributed by atoms with van der Waals surface area (Å²) in [4.78, 5) is 20.6. The lowest BCUT2D eigenvalue weighted by Gasteiger charge is -2.11. The first-order valence-electron chi connectivity index (χ1n) is 2.97. The molecule has 0 unspecified atom stereocenters. The molecule has 3 N–H and O–H groups in total. The van der Waals surface area contributed by atoms with Gasteiger partial charge < -0.3 is 15.5 Å². The highest BCUT2D eigenvalue weighted by molar-refractivity contribution is 5.85. The summed E-state index contributed by atoms with van der Waals surface area (Å²) >= 11 is 0. The molecule has 0 aliphatic carbocycles. The van der Waals surface area contributed by atoms with E-state index in [4.69, 9.17) is 10.2 Å². The van der Waals surface area contributed by atoms with Crippen molar-refractivity contribution in [1.82, 2.24) is 10.2 Å². The van der Waals surface area contributed by atoms with Crippen LogP contribution in [0.2, 0.25) is 0 Å². The summed E-state index contributed by atoms with van der Waals surface area (Å²) in [6.07, 6.45) is -2.90. The smallest absolute Gasteiger partial charge is 0.416 e. The fraction of sp³-hybridized carbons (Fsp3) is 0.600. The monoisotopic (exact) mass is 162 g/mol. The van der Waals surface area contributed by atoms with Crippen molar-refractivity contribution in [3.63, 3.8) is 0 Å². The van der Waals surface area contributed by atoms with Crippen molar-refractivity contribution in [3.8, 4) is 0 Å². The number of nitrogens with zero attached hydrogens (tertiary/aromatic N) is 1. The number of amides is 2. The first-order valence-corrected chi connectivity index (χ1v) is 2.97. The topological polar surface area (TPSA) is 89.9 Å². The number of nitrogens with one attached hydrogen (secondary N) is 1. The van der Waals surface area contributed by atoms with Gasteiger partial charge in [0.1, 0.15) is 0 Å². The second kappa shape index (κ2) is 4.51. The zero-order chi connectivity index (χ0) is 8.85. The Kier molecular flexibility index (Phi) is 3.97. The van der Waals surface area contributed by atoms with Crippen molar-refractivity contribution >= 4 is 12.2 Å². The molecule has 6 heteroatoms. The van der Waals surface area contributed by atoms with Crippen LogP contribution in [-0.4, -0.2) is 47.4 Å². The van der Waals surface area contributed by atoms with Crippen LogP contribution in [0.5, 0.6) is 0 Å². The van der Waals surface area contributed by atoms with E-state index in [9.17, 15) is 9.59 Å². The highest BCUT2D eigenvalue weighted by Crippen LogP contribution is 1.88. The Bertz CT molecular complexity index is 145. The van der Waals surface area contributed by atoms with Crippen LogP contribution >= 0.6 is 0 Å². The van der Waals surface area contributed by atoms with Crippen molar-refractivity contribution in [2.75, 3.05) is 20.1 Å². The summed E-state index contributed by atoms with van der Waals surface area (Å²) in [7, 11) is 1.61. The largest absolute Gasteiger partial charge is 0.465 e. The Morgan fingerprint density at radius 3 is 2.09 bits per heavy atom. The van der Waals surface area contributed by atoms with E-state index in [2.05, 4.69) is 5.32 Å². The van der Waals surface area contributed by atoms with Crippen molar-refractivity contribution in [2.24, 2.45) is 0 Å². The third-order valence-corrected chi connectivity index (χ3v) is 1.05. The normalized spacial score (nSPS) is 9.18. The van der Waals surface area contributed by atoms with E-state index in [1.54, 1.807) is 7.05 Å².